The minimum atomic E-state index is -1.09. The van der Waals surface area contributed by atoms with Crippen molar-refractivity contribution in [3.63, 3.8) is 0 Å². The van der Waals surface area contributed by atoms with Gasteiger partial charge in [0.2, 0.25) is 5.78 Å². The maximum Gasteiger partial charge on any atom is 0.356 e. The number of nitrogens with two attached hydrogens (primary N) is 1. The molecule has 0 saturated heterocycles. The van der Waals surface area contributed by atoms with Crippen molar-refractivity contribution in [2.24, 2.45) is 5.73 Å². The van der Waals surface area contributed by atoms with Gasteiger partial charge in [-0.2, -0.15) is 0 Å². The average Bonchev–Trinajstić information content (AvgIpc) is 2.56. The normalized spacial score (nSPS) is 10.6. The fourth-order valence-electron chi connectivity index (χ4n) is 1.30. The van der Waals surface area contributed by atoms with E-state index in [0.29, 0.717) is 11.5 Å². The van der Waals surface area contributed by atoms with Gasteiger partial charge in [-0.3, -0.25) is 4.40 Å². The summed E-state index contributed by atoms with van der Waals surface area (Å²) in [5.74, 6) is -0.735. The number of nitrogens with zero attached hydrogens (tertiary/aromatic N) is 3. The summed E-state index contributed by atoms with van der Waals surface area (Å²) in [6.45, 7) is 0.120. The zero-order valence-corrected chi connectivity index (χ0v) is 7.21. The van der Waals surface area contributed by atoms with Crippen molar-refractivity contribution in [1.82, 2.24) is 14.4 Å². The Kier molecular flexibility index (Phi) is 1.90. The molecular formula is C8H8N4O2. The second-order valence-corrected chi connectivity index (χ2v) is 2.71. The van der Waals surface area contributed by atoms with E-state index in [4.69, 9.17) is 10.8 Å². The van der Waals surface area contributed by atoms with Crippen LogP contribution in [0.25, 0.3) is 5.78 Å². The summed E-state index contributed by atoms with van der Waals surface area (Å²) in [4.78, 5) is 18.6. The summed E-state index contributed by atoms with van der Waals surface area (Å²) in [5.41, 5.74) is 5.87. The molecule has 2 heterocycles. The van der Waals surface area contributed by atoms with Crippen LogP contribution in [-0.4, -0.2) is 25.4 Å². The van der Waals surface area contributed by atoms with Crippen LogP contribution in [0.15, 0.2) is 18.5 Å². The fraction of sp³-hybridized carbons (Fsp3) is 0.125. The Balaban J connectivity index is 2.78. The van der Waals surface area contributed by atoms with E-state index >= 15 is 0 Å². The monoisotopic (exact) mass is 192 g/mol. The molecule has 14 heavy (non-hydrogen) atoms. The number of fused-ring (bicyclic) bond motifs is 1. The quantitative estimate of drug-likeness (QED) is 0.692. The topological polar surface area (TPSA) is 93.5 Å². The summed E-state index contributed by atoms with van der Waals surface area (Å²) in [7, 11) is 0. The Bertz CT molecular complexity index is 491. The van der Waals surface area contributed by atoms with E-state index in [1.54, 1.807) is 22.9 Å². The van der Waals surface area contributed by atoms with E-state index in [-0.39, 0.29) is 12.2 Å². The van der Waals surface area contributed by atoms with E-state index in [9.17, 15) is 4.79 Å². The number of aromatic carboxylic acids is 1. The summed E-state index contributed by atoms with van der Waals surface area (Å²) in [6, 6.07) is 1.69. The number of carbonyl (C=O) groups is 1. The second kappa shape index (κ2) is 3.08. The number of rotatable bonds is 2. The first-order valence-corrected chi connectivity index (χ1v) is 3.99. The minimum absolute atomic E-state index is 0.0359. The SMILES string of the molecule is NCc1c(C(=O)O)nc2ncccn12. The molecule has 0 aromatic carbocycles. The van der Waals surface area contributed by atoms with Gasteiger partial charge in [0.1, 0.15) is 0 Å². The molecule has 0 aliphatic heterocycles. The molecule has 3 N–H and O–H groups in total. The van der Waals surface area contributed by atoms with Crippen LogP contribution < -0.4 is 5.73 Å². The van der Waals surface area contributed by atoms with E-state index in [2.05, 4.69) is 9.97 Å². The average molecular weight is 192 g/mol. The maximum atomic E-state index is 10.8. The first kappa shape index (κ1) is 8.64. The van der Waals surface area contributed by atoms with Crippen LogP contribution in [0.1, 0.15) is 16.2 Å². The Morgan fingerprint density at radius 3 is 3.07 bits per heavy atom. The number of hydrogen-bond acceptors (Lipinski definition) is 4. The first-order chi connectivity index (χ1) is 6.74. The van der Waals surface area contributed by atoms with Gasteiger partial charge in [0, 0.05) is 18.9 Å². The molecule has 0 atom stereocenters. The van der Waals surface area contributed by atoms with E-state index in [0.717, 1.165) is 0 Å². The van der Waals surface area contributed by atoms with Crippen LogP contribution in [-0.2, 0) is 6.54 Å². The highest BCUT2D eigenvalue weighted by Gasteiger charge is 2.16. The van der Waals surface area contributed by atoms with Crippen molar-refractivity contribution >= 4 is 11.7 Å². The molecule has 0 spiro atoms. The molecule has 0 aliphatic rings. The van der Waals surface area contributed by atoms with Crippen molar-refractivity contribution in [2.75, 3.05) is 0 Å². The van der Waals surface area contributed by atoms with E-state index in [1.165, 1.54) is 0 Å². The number of hydrogen-bond donors (Lipinski definition) is 2. The Morgan fingerprint density at radius 2 is 2.43 bits per heavy atom. The molecular weight excluding hydrogens is 184 g/mol. The predicted molar refractivity (Wildman–Crippen MR) is 47.8 cm³/mol. The maximum absolute atomic E-state index is 10.8. The zero-order valence-electron chi connectivity index (χ0n) is 7.21. The molecule has 0 fully saturated rings. The third-order valence-electron chi connectivity index (χ3n) is 1.90. The first-order valence-electron chi connectivity index (χ1n) is 3.99. The standard InChI is InChI=1S/C8H8N4O2/c9-4-5-6(7(13)14)11-8-10-2-1-3-12(5)8/h1-3H,4,9H2,(H,13,14). The molecule has 6 heteroatoms. The number of carboxylic acid groups (broad SMARTS) is 1. The number of aromatic nitrogens is 3. The molecule has 0 amide bonds. The highest BCUT2D eigenvalue weighted by Crippen LogP contribution is 2.09. The third-order valence-corrected chi connectivity index (χ3v) is 1.90. The van der Waals surface area contributed by atoms with Crippen LogP contribution in [0.4, 0.5) is 0 Å². The number of imidazole rings is 1. The Morgan fingerprint density at radius 1 is 1.64 bits per heavy atom. The fourth-order valence-corrected chi connectivity index (χ4v) is 1.30. The van der Waals surface area contributed by atoms with Gasteiger partial charge in [-0.05, 0) is 6.07 Å². The molecule has 2 aromatic heterocycles. The van der Waals surface area contributed by atoms with Gasteiger partial charge in [-0.1, -0.05) is 0 Å². The smallest absolute Gasteiger partial charge is 0.356 e. The van der Waals surface area contributed by atoms with Crippen LogP contribution in [0.3, 0.4) is 0 Å². The summed E-state index contributed by atoms with van der Waals surface area (Å²) in [5, 5.41) is 8.84. The lowest BCUT2D eigenvalue weighted by Crippen LogP contribution is -2.08. The van der Waals surface area contributed by atoms with E-state index < -0.39 is 5.97 Å². The Hall–Kier alpha value is -1.95. The van der Waals surface area contributed by atoms with Crippen molar-refractivity contribution in [3.05, 3.63) is 29.8 Å². The second-order valence-electron chi connectivity index (χ2n) is 2.71. The molecule has 0 saturated carbocycles. The molecule has 6 nitrogen and oxygen atoms in total. The van der Waals surface area contributed by atoms with Crippen molar-refractivity contribution in [2.45, 2.75) is 6.54 Å². The molecule has 0 radical (unpaired) electrons. The van der Waals surface area contributed by atoms with Gasteiger partial charge in [-0.15, -0.1) is 0 Å². The van der Waals surface area contributed by atoms with Crippen molar-refractivity contribution in [3.8, 4) is 0 Å². The van der Waals surface area contributed by atoms with Crippen LogP contribution in [0.2, 0.25) is 0 Å². The van der Waals surface area contributed by atoms with Gasteiger partial charge < -0.3 is 10.8 Å². The Labute approximate surface area is 79.0 Å². The molecule has 0 unspecified atom stereocenters. The van der Waals surface area contributed by atoms with E-state index in [1.807, 2.05) is 0 Å². The van der Waals surface area contributed by atoms with Gasteiger partial charge >= 0.3 is 5.97 Å². The van der Waals surface area contributed by atoms with Crippen LogP contribution in [0, 0.1) is 0 Å². The minimum Gasteiger partial charge on any atom is -0.476 e. The van der Waals surface area contributed by atoms with Gasteiger partial charge in [0.05, 0.1) is 5.69 Å². The van der Waals surface area contributed by atoms with Crippen LogP contribution in [0.5, 0.6) is 0 Å². The highest BCUT2D eigenvalue weighted by atomic mass is 16.4. The van der Waals surface area contributed by atoms with Crippen LogP contribution >= 0.6 is 0 Å². The zero-order chi connectivity index (χ0) is 10.1. The lowest BCUT2D eigenvalue weighted by Gasteiger charge is -1.96. The lowest BCUT2D eigenvalue weighted by atomic mass is 10.3. The van der Waals surface area contributed by atoms with Gasteiger partial charge in [0.25, 0.3) is 0 Å². The molecule has 0 bridgehead atoms. The lowest BCUT2D eigenvalue weighted by molar-refractivity contribution is 0.0690. The largest absolute Gasteiger partial charge is 0.476 e. The highest BCUT2D eigenvalue weighted by molar-refractivity contribution is 5.87. The number of carboxylic acids is 1. The molecule has 0 aliphatic carbocycles. The van der Waals surface area contributed by atoms with Crippen molar-refractivity contribution in [1.29, 1.82) is 0 Å². The van der Waals surface area contributed by atoms with Gasteiger partial charge in [-0.25, -0.2) is 14.8 Å². The summed E-state index contributed by atoms with van der Waals surface area (Å²) in [6.07, 6.45) is 3.23. The summed E-state index contributed by atoms with van der Waals surface area (Å²) < 4.78 is 1.57. The summed E-state index contributed by atoms with van der Waals surface area (Å²) >= 11 is 0. The molecule has 2 aromatic rings. The molecule has 2 rings (SSSR count). The van der Waals surface area contributed by atoms with Gasteiger partial charge in [0.15, 0.2) is 5.69 Å². The van der Waals surface area contributed by atoms with Crippen molar-refractivity contribution < 1.29 is 9.90 Å². The molecule has 72 valence electrons. The third kappa shape index (κ3) is 1.12. The predicted octanol–water partition coefficient (Wildman–Crippen LogP) is -0.114.